The maximum Gasteiger partial charge on any atom is 0.573 e. The number of amides is 1. The van der Waals surface area contributed by atoms with Gasteiger partial charge in [-0.25, -0.2) is 0 Å². The summed E-state index contributed by atoms with van der Waals surface area (Å²) in [5.41, 5.74) is 0.938. The first-order valence-corrected chi connectivity index (χ1v) is 7.90. The van der Waals surface area contributed by atoms with Crippen LogP contribution in [0, 0.1) is 0 Å². The van der Waals surface area contributed by atoms with E-state index in [1.54, 1.807) is 12.1 Å². The minimum atomic E-state index is -4.77. The molecule has 0 aliphatic heterocycles. The molecule has 0 heterocycles. The zero-order chi connectivity index (χ0) is 20.7. The summed E-state index contributed by atoms with van der Waals surface area (Å²) < 4.78 is 55.9. The molecule has 1 N–H and O–H groups in total. The first-order valence-electron chi connectivity index (χ1n) is 7.90. The highest BCUT2D eigenvalue weighted by Gasteiger charge is 2.30. The number of ether oxygens (including phenoxy) is 4. The molecule has 0 aliphatic rings. The predicted molar refractivity (Wildman–Crippen MR) is 96.9 cm³/mol. The van der Waals surface area contributed by atoms with Crippen molar-refractivity contribution >= 4 is 17.7 Å². The lowest BCUT2D eigenvalue weighted by atomic mass is 10.1. The van der Waals surface area contributed by atoms with Gasteiger partial charge < -0.3 is 24.3 Å². The largest absolute Gasteiger partial charge is 0.573 e. The molecule has 150 valence electrons. The van der Waals surface area contributed by atoms with E-state index in [1.165, 1.54) is 45.6 Å². The highest BCUT2D eigenvalue weighted by Crippen LogP contribution is 2.38. The number of anilines is 1. The van der Waals surface area contributed by atoms with Crippen LogP contribution in [0.4, 0.5) is 18.9 Å². The van der Waals surface area contributed by atoms with Gasteiger partial charge in [-0.05, 0) is 48.0 Å². The molecule has 0 atom stereocenters. The van der Waals surface area contributed by atoms with Crippen LogP contribution >= 0.6 is 0 Å². The van der Waals surface area contributed by atoms with Crippen molar-refractivity contribution in [1.82, 2.24) is 0 Å². The van der Waals surface area contributed by atoms with Crippen molar-refractivity contribution in [2.45, 2.75) is 6.36 Å². The molecule has 9 heteroatoms. The molecule has 0 spiro atoms. The first-order chi connectivity index (χ1) is 13.3. The Bertz CT molecular complexity index is 823. The van der Waals surface area contributed by atoms with Crippen molar-refractivity contribution in [3.8, 4) is 23.0 Å². The van der Waals surface area contributed by atoms with Crippen LogP contribution in [0.5, 0.6) is 23.0 Å². The molecule has 0 unspecified atom stereocenters. The summed E-state index contributed by atoms with van der Waals surface area (Å²) in [7, 11) is 4.43. The van der Waals surface area contributed by atoms with Gasteiger partial charge in [-0.15, -0.1) is 13.2 Å². The fourth-order valence-corrected chi connectivity index (χ4v) is 2.29. The van der Waals surface area contributed by atoms with E-state index < -0.39 is 12.3 Å². The Morgan fingerprint density at radius 3 is 2.00 bits per heavy atom. The van der Waals surface area contributed by atoms with Crippen molar-refractivity contribution in [3.63, 3.8) is 0 Å². The van der Waals surface area contributed by atoms with Crippen LogP contribution in [0.15, 0.2) is 42.5 Å². The second-order valence-corrected chi connectivity index (χ2v) is 5.35. The summed E-state index contributed by atoms with van der Waals surface area (Å²) >= 11 is 0. The van der Waals surface area contributed by atoms with E-state index in [4.69, 9.17) is 14.2 Å². The van der Waals surface area contributed by atoms with Crippen LogP contribution in [-0.4, -0.2) is 33.6 Å². The van der Waals surface area contributed by atoms with Crippen LogP contribution in [0.2, 0.25) is 0 Å². The monoisotopic (exact) mass is 397 g/mol. The molecular formula is C19H18F3NO5. The maximum absolute atomic E-state index is 12.1. The molecule has 2 aromatic rings. The molecule has 0 bridgehead atoms. The third kappa shape index (κ3) is 5.83. The number of hydrogen-bond donors (Lipinski definition) is 1. The van der Waals surface area contributed by atoms with Crippen molar-refractivity contribution in [3.05, 3.63) is 48.0 Å². The van der Waals surface area contributed by atoms with Crippen LogP contribution in [0.3, 0.4) is 0 Å². The second-order valence-electron chi connectivity index (χ2n) is 5.35. The smallest absolute Gasteiger partial charge is 0.493 e. The molecule has 6 nitrogen and oxygen atoms in total. The topological polar surface area (TPSA) is 66.0 Å². The average molecular weight is 397 g/mol. The van der Waals surface area contributed by atoms with E-state index in [1.807, 2.05) is 0 Å². The number of carbonyl (C=O) groups is 1. The van der Waals surface area contributed by atoms with Gasteiger partial charge in [-0.2, -0.15) is 0 Å². The summed E-state index contributed by atoms with van der Waals surface area (Å²) in [5, 5.41) is 2.53. The van der Waals surface area contributed by atoms with Gasteiger partial charge in [0.25, 0.3) is 0 Å². The zero-order valence-corrected chi connectivity index (χ0v) is 15.3. The van der Waals surface area contributed by atoms with E-state index in [9.17, 15) is 18.0 Å². The molecule has 0 aromatic heterocycles. The fraction of sp³-hybridized carbons (Fsp3) is 0.211. The molecule has 0 saturated carbocycles. The Kier molecular flexibility index (Phi) is 6.75. The maximum atomic E-state index is 12.1. The van der Waals surface area contributed by atoms with Gasteiger partial charge in [-0.1, -0.05) is 0 Å². The van der Waals surface area contributed by atoms with Gasteiger partial charge in [0.1, 0.15) is 5.75 Å². The SMILES string of the molecule is COc1cc(/C=C/C(=O)Nc2ccc(OC(F)(F)F)cc2)cc(OC)c1OC. The number of nitrogens with one attached hydrogen (secondary N) is 1. The van der Waals surface area contributed by atoms with Gasteiger partial charge >= 0.3 is 6.36 Å². The number of alkyl halides is 3. The molecule has 0 fully saturated rings. The van der Waals surface area contributed by atoms with Gasteiger partial charge in [-0.3, -0.25) is 4.79 Å². The van der Waals surface area contributed by atoms with Crippen molar-refractivity contribution in [2.75, 3.05) is 26.6 Å². The predicted octanol–water partition coefficient (Wildman–Crippen LogP) is 4.26. The summed E-state index contributed by atoms with van der Waals surface area (Å²) in [6.45, 7) is 0. The van der Waals surface area contributed by atoms with Crippen LogP contribution in [0.1, 0.15) is 5.56 Å². The number of methoxy groups -OCH3 is 3. The zero-order valence-electron chi connectivity index (χ0n) is 15.3. The van der Waals surface area contributed by atoms with Gasteiger partial charge in [0.15, 0.2) is 11.5 Å². The minimum Gasteiger partial charge on any atom is -0.493 e. The summed E-state index contributed by atoms with van der Waals surface area (Å²) in [4.78, 5) is 12.0. The number of halogens is 3. The normalized spacial score (nSPS) is 11.2. The van der Waals surface area contributed by atoms with Crippen LogP contribution < -0.4 is 24.3 Å². The van der Waals surface area contributed by atoms with Crippen molar-refractivity contribution in [2.24, 2.45) is 0 Å². The number of carbonyl (C=O) groups excluding carboxylic acids is 1. The molecule has 0 radical (unpaired) electrons. The Labute approximate surface area is 159 Å². The Balaban J connectivity index is 2.07. The van der Waals surface area contributed by atoms with E-state index in [2.05, 4.69) is 10.1 Å². The van der Waals surface area contributed by atoms with E-state index in [-0.39, 0.29) is 5.75 Å². The molecule has 0 aliphatic carbocycles. The lowest BCUT2D eigenvalue weighted by Gasteiger charge is -2.12. The standard InChI is InChI=1S/C19H18F3NO5/c1-25-15-10-12(11-16(26-2)18(15)27-3)4-9-17(24)23-13-5-7-14(8-6-13)28-19(20,21)22/h4-11H,1-3H3,(H,23,24)/b9-4+. The highest BCUT2D eigenvalue weighted by atomic mass is 19.4. The quantitative estimate of drug-likeness (QED) is 0.707. The van der Waals surface area contributed by atoms with Gasteiger partial charge in [0, 0.05) is 11.8 Å². The van der Waals surface area contributed by atoms with Gasteiger partial charge in [0.2, 0.25) is 11.7 Å². The molecule has 28 heavy (non-hydrogen) atoms. The summed E-state index contributed by atoms with van der Waals surface area (Å²) in [5.74, 6) is 0.439. The Morgan fingerprint density at radius 1 is 0.964 bits per heavy atom. The average Bonchev–Trinajstić information content (AvgIpc) is 2.65. The molecule has 2 aromatic carbocycles. The number of rotatable bonds is 7. The highest BCUT2D eigenvalue weighted by molar-refractivity contribution is 6.02. The first kappa shape index (κ1) is 20.9. The van der Waals surface area contributed by atoms with E-state index in [0.717, 1.165) is 12.1 Å². The Hall–Kier alpha value is -3.36. The molecule has 0 saturated heterocycles. The van der Waals surface area contributed by atoms with Crippen LogP contribution in [-0.2, 0) is 4.79 Å². The fourth-order valence-electron chi connectivity index (χ4n) is 2.29. The van der Waals surface area contributed by atoms with Gasteiger partial charge in [0.05, 0.1) is 21.3 Å². The van der Waals surface area contributed by atoms with Crippen molar-refractivity contribution < 1.29 is 36.9 Å². The molecular weight excluding hydrogens is 379 g/mol. The van der Waals surface area contributed by atoms with E-state index >= 15 is 0 Å². The van der Waals surface area contributed by atoms with Crippen LogP contribution in [0.25, 0.3) is 6.08 Å². The summed E-state index contributed by atoms with van der Waals surface area (Å²) in [6.07, 6.45) is -1.98. The lowest BCUT2D eigenvalue weighted by Crippen LogP contribution is -2.17. The van der Waals surface area contributed by atoms with E-state index in [0.29, 0.717) is 28.5 Å². The van der Waals surface area contributed by atoms with Crippen molar-refractivity contribution in [1.29, 1.82) is 0 Å². The lowest BCUT2D eigenvalue weighted by molar-refractivity contribution is -0.274. The molecule has 1 amide bonds. The molecule has 2 rings (SSSR count). The minimum absolute atomic E-state index is 0.314. The second kappa shape index (κ2) is 9.03. The third-order valence-electron chi connectivity index (χ3n) is 3.47. The summed E-state index contributed by atoms with van der Waals surface area (Å²) in [6, 6.07) is 8.12. The number of benzene rings is 2. The third-order valence-corrected chi connectivity index (χ3v) is 3.47. The Morgan fingerprint density at radius 2 is 1.54 bits per heavy atom. The number of hydrogen-bond acceptors (Lipinski definition) is 5.